The van der Waals surface area contributed by atoms with Crippen LogP contribution in [0, 0.1) is 0 Å². The summed E-state index contributed by atoms with van der Waals surface area (Å²) in [6.07, 6.45) is -2.14. The average Bonchev–Trinajstić information content (AvgIpc) is 1.49. The zero-order chi connectivity index (χ0) is 9.99. The first-order valence-electron chi connectivity index (χ1n) is 2.14. The van der Waals surface area contributed by atoms with Gasteiger partial charge in [-0.15, -0.1) is 0 Å². The van der Waals surface area contributed by atoms with Crippen molar-refractivity contribution in [2.45, 2.75) is 0 Å². The third-order valence-corrected chi connectivity index (χ3v) is 1.16. The van der Waals surface area contributed by atoms with Gasteiger partial charge in [-0.3, -0.25) is 19.6 Å². The van der Waals surface area contributed by atoms with E-state index in [-0.39, 0.29) is 91.0 Å². The SMILES string of the molecule is O=C(OP(=O)(O)O)OP(=O)(O)O.[SrH2].[SrH2]. The first kappa shape index (κ1) is 21.8. The maximum atomic E-state index is 10.0. The molecule has 0 unspecified atom stereocenters. The van der Waals surface area contributed by atoms with Crippen molar-refractivity contribution in [2.24, 2.45) is 0 Å². The second-order valence-corrected chi connectivity index (χ2v) is 3.74. The van der Waals surface area contributed by atoms with Crippen LogP contribution < -0.4 is 0 Å². The molecule has 80 valence electrons. The van der Waals surface area contributed by atoms with Gasteiger partial charge in [0.2, 0.25) is 0 Å². The van der Waals surface area contributed by atoms with Crippen molar-refractivity contribution in [3.63, 3.8) is 0 Å². The number of hydrogen-bond donors (Lipinski definition) is 4. The fraction of sp³-hybridized carbons (Fsp3) is 0. The molecule has 0 saturated carbocycles. The first-order chi connectivity index (χ1) is 5.10. The normalized spacial score (nSPS) is 10.6. The molecule has 0 aliphatic rings. The van der Waals surface area contributed by atoms with E-state index in [9.17, 15) is 13.9 Å². The van der Waals surface area contributed by atoms with Crippen LogP contribution in [0.5, 0.6) is 0 Å². The zero-order valence-corrected chi connectivity index (χ0v) is 7.01. The molecule has 0 rings (SSSR count). The van der Waals surface area contributed by atoms with Gasteiger partial charge in [-0.05, 0) is 0 Å². The molecule has 0 aliphatic carbocycles. The number of carbonyl (C=O) groups excluding carboxylic acids is 1. The molecule has 0 fully saturated rings. The summed E-state index contributed by atoms with van der Waals surface area (Å²) in [5.41, 5.74) is 0. The van der Waals surface area contributed by atoms with E-state index in [1.807, 2.05) is 0 Å². The van der Waals surface area contributed by atoms with Crippen molar-refractivity contribution in [2.75, 3.05) is 0 Å². The van der Waals surface area contributed by atoms with Crippen LogP contribution >= 0.6 is 15.6 Å². The van der Waals surface area contributed by atoms with Gasteiger partial charge < -0.3 is 9.05 Å². The van der Waals surface area contributed by atoms with E-state index in [0.29, 0.717) is 0 Å². The van der Waals surface area contributed by atoms with Gasteiger partial charge in [0.25, 0.3) is 0 Å². The van der Waals surface area contributed by atoms with Crippen LogP contribution in [0.15, 0.2) is 0 Å². The van der Waals surface area contributed by atoms with Crippen LogP contribution in [0.25, 0.3) is 0 Å². The Balaban J connectivity index is -0.000000605. The van der Waals surface area contributed by atoms with Crippen LogP contribution in [0.4, 0.5) is 4.79 Å². The molecule has 0 atom stereocenters. The maximum absolute atomic E-state index is 10.0. The van der Waals surface area contributed by atoms with E-state index in [1.165, 1.54) is 0 Å². The van der Waals surface area contributed by atoms with Crippen LogP contribution in [0.3, 0.4) is 0 Å². The van der Waals surface area contributed by atoms with Crippen molar-refractivity contribution in [1.82, 2.24) is 0 Å². The summed E-state index contributed by atoms with van der Waals surface area (Å²) in [4.78, 5) is 41.7. The average molecular weight is 401 g/mol. The molecular weight excluding hydrogens is 393 g/mol. The van der Waals surface area contributed by atoms with E-state index in [2.05, 4.69) is 9.05 Å². The molecule has 4 N–H and O–H groups in total. The molecule has 0 aliphatic heterocycles. The van der Waals surface area contributed by atoms with Crippen LogP contribution in [-0.2, 0) is 18.2 Å². The van der Waals surface area contributed by atoms with Gasteiger partial charge in [0.05, 0.1) is 0 Å². The predicted octanol–water partition coefficient (Wildman–Crippen LogP) is -2.51. The summed E-state index contributed by atoms with van der Waals surface area (Å²) < 4.78 is 25.9. The quantitative estimate of drug-likeness (QED) is 0.291. The summed E-state index contributed by atoms with van der Waals surface area (Å²) in [7, 11) is -10.3. The summed E-state index contributed by atoms with van der Waals surface area (Å²) in [5, 5.41) is 0. The van der Waals surface area contributed by atoms with Crippen molar-refractivity contribution in [3.05, 3.63) is 0 Å². The van der Waals surface area contributed by atoms with Crippen molar-refractivity contribution in [1.29, 1.82) is 0 Å². The number of rotatable bonds is 2. The molecule has 9 nitrogen and oxygen atoms in total. The first-order valence-corrected chi connectivity index (χ1v) is 5.20. The van der Waals surface area contributed by atoms with Gasteiger partial charge in [0.15, 0.2) is 0 Å². The molecule has 13 heteroatoms. The molecular formula is CH8O9P2Sr2. The molecule has 0 radical (unpaired) electrons. The molecule has 0 spiro atoms. The fourth-order valence-electron chi connectivity index (χ4n) is 0.211. The minimum absolute atomic E-state index is 0. The Morgan fingerprint density at radius 1 is 0.857 bits per heavy atom. The van der Waals surface area contributed by atoms with Crippen molar-refractivity contribution in [3.8, 4) is 0 Å². The Bertz CT molecular complexity index is 236. The monoisotopic (exact) mass is 402 g/mol. The predicted molar refractivity (Wildman–Crippen MR) is 48.7 cm³/mol. The Labute approximate surface area is 152 Å². The molecule has 0 aromatic heterocycles. The Morgan fingerprint density at radius 3 is 1.21 bits per heavy atom. The summed E-state index contributed by atoms with van der Waals surface area (Å²) in [6, 6.07) is 0. The minimum atomic E-state index is -5.13. The molecule has 0 aromatic rings. The second kappa shape index (κ2) is 8.60. The van der Waals surface area contributed by atoms with Gasteiger partial charge in [-0.25, -0.2) is 13.9 Å². The van der Waals surface area contributed by atoms with Gasteiger partial charge in [0, 0.05) is 0 Å². The van der Waals surface area contributed by atoms with Crippen molar-refractivity contribution >= 4 is 113 Å². The fourth-order valence-corrected chi connectivity index (χ4v) is 0.733. The van der Waals surface area contributed by atoms with Crippen LogP contribution in [0.2, 0.25) is 0 Å². The molecule has 0 heterocycles. The number of phosphoric acid groups is 2. The number of carbonyl (C=O) groups is 1. The Kier molecular flexibility index (Phi) is 13.4. The van der Waals surface area contributed by atoms with E-state index >= 15 is 0 Å². The van der Waals surface area contributed by atoms with Gasteiger partial charge in [0.1, 0.15) is 0 Å². The molecule has 0 aromatic carbocycles. The number of phosphoric ester groups is 2. The third kappa shape index (κ3) is 16.9. The van der Waals surface area contributed by atoms with E-state index in [0.717, 1.165) is 0 Å². The van der Waals surface area contributed by atoms with Gasteiger partial charge >= 0.3 is 113 Å². The summed E-state index contributed by atoms with van der Waals surface area (Å²) in [5.74, 6) is 0. The second-order valence-electron chi connectivity index (χ2n) is 1.41. The Morgan fingerprint density at radius 2 is 1.07 bits per heavy atom. The van der Waals surface area contributed by atoms with E-state index in [1.54, 1.807) is 0 Å². The summed E-state index contributed by atoms with van der Waals surface area (Å²) in [6.45, 7) is 0. The van der Waals surface area contributed by atoms with Crippen molar-refractivity contribution < 1.29 is 42.5 Å². The van der Waals surface area contributed by atoms with Crippen LogP contribution in [0.1, 0.15) is 0 Å². The topological polar surface area (TPSA) is 151 Å². The number of hydrogen-bond acceptors (Lipinski definition) is 5. The zero-order valence-electron chi connectivity index (χ0n) is 5.22. The van der Waals surface area contributed by atoms with E-state index in [4.69, 9.17) is 19.6 Å². The molecule has 0 amide bonds. The third-order valence-electron chi connectivity index (χ3n) is 0.387. The molecule has 0 bridgehead atoms. The summed E-state index contributed by atoms with van der Waals surface area (Å²) >= 11 is 0. The Hall–Kier alpha value is 2.53. The van der Waals surface area contributed by atoms with Crippen LogP contribution in [-0.4, -0.2) is 117 Å². The van der Waals surface area contributed by atoms with Gasteiger partial charge in [-0.1, -0.05) is 0 Å². The van der Waals surface area contributed by atoms with E-state index < -0.39 is 21.8 Å². The molecule has 14 heavy (non-hydrogen) atoms. The molecule has 0 saturated heterocycles. The standard InChI is InChI=1S/CH4O9P2.2Sr.4H/c2-1(9-11(3,4)5)10-12(6,7)8;;;;;;/h(H2,3,4,5)(H2,6,7,8);;;;;;. The van der Waals surface area contributed by atoms with Gasteiger partial charge in [-0.2, -0.15) is 0 Å².